The lowest BCUT2D eigenvalue weighted by Crippen LogP contribution is -2.49. The predicted molar refractivity (Wildman–Crippen MR) is 150 cm³/mol. The molecule has 2 aliphatic rings. The van der Waals surface area contributed by atoms with E-state index in [1.807, 2.05) is 35.2 Å². The Balaban J connectivity index is 1.70. The van der Waals surface area contributed by atoms with Gasteiger partial charge in [-0.05, 0) is 74.1 Å². The second kappa shape index (κ2) is 12.5. The largest absolute Gasteiger partial charge is 0.465 e. The minimum atomic E-state index is -1.30. The molecule has 2 fully saturated rings. The lowest BCUT2D eigenvalue weighted by molar-refractivity contribution is -0.140. The van der Waals surface area contributed by atoms with Crippen LogP contribution < -0.4 is 11.1 Å². The molecule has 2 aromatic rings. The highest BCUT2D eigenvalue weighted by molar-refractivity contribution is 6.33. The fraction of sp³-hybridized carbons (Fsp3) is 0.533. The van der Waals surface area contributed by atoms with E-state index in [0.29, 0.717) is 31.0 Å². The molecule has 8 heteroatoms. The zero-order chi connectivity index (χ0) is 27.3. The Hall–Kier alpha value is -2.61. The third kappa shape index (κ3) is 6.33. The van der Waals surface area contributed by atoms with Crippen LogP contribution in [0, 0.1) is 11.8 Å². The van der Waals surface area contributed by atoms with Crippen molar-refractivity contribution in [2.24, 2.45) is 17.6 Å². The van der Waals surface area contributed by atoms with E-state index in [4.69, 9.17) is 22.4 Å². The van der Waals surface area contributed by atoms with Crippen molar-refractivity contribution in [2.45, 2.75) is 69.9 Å². The number of rotatable bonds is 9. The van der Waals surface area contributed by atoms with Crippen LogP contribution in [0.15, 0.2) is 42.5 Å². The first-order chi connectivity index (χ1) is 18.2. The number of carbonyl (C=O) groups excluding carboxylic acids is 1. The van der Waals surface area contributed by atoms with Gasteiger partial charge in [-0.15, -0.1) is 0 Å². The lowest BCUT2D eigenvalue weighted by atomic mass is 9.72. The van der Waals surface area contributed by atoms with Crippen molar-refractivity contribution >= 4 is 23.6 Å². The fourth-order valence-corrected chi connectivity index (χ4v) is 6.59. The summed E-state index contributed by atoms with van der Waals surface area (Å²) in [4.78, 5) is 26.4. The predicted octanol–water partition coefficient (Wildman–Crippen LogP) is 5.17. The molecule has 5 N–H and O–H groups in total. The number of hydrogen-bond donors (Lipinski definition) is 4. The summed E-state index contributed by atoms with van der Waals surface area (Å²) in [6.45, 7) is 3.46. The van der Waals surface area contributed by atoms with Crippen LogP contribution in [0.5, 0.6) is 0 Å². The number of carbonyl (C=O) groups is 2. The Labute approximate surface area is 230 Å². The molecule has 4 rings (SSSR count). The SMILES string of the molecule is CCc1cccc(-c2c(Cl)cccc2[C@](O)(CCCNC(=O)O)[C@@H]2CCCN(C(=O)[C@@H]3CC[C@H](N)C3)C2)c1. The van der Waals surface area contributed by atoms with Crippen molar-refractivity contribution < 1.29 is 19.8 Å². The van der Waals surface area contributed by atoms with E-state index in [0.717, 1.165) is 55.2 Å². The van der Waals surface area contributed by atoms with Gasteiger partial charge in [0, 0.05) is 48.1 Å². The van der Waals surface area contributed by atoms with E-state index in [9.17, 15) is 14.7 Å². The Morgan fingerprint density at radius 3 is 2.68 bits per heavy atom. The topological polar surface area (TPSA) is 116 Å². The van der Waals surface area contributed by atoms with Gasteiger partial charge in [-0.3, -0.25) is 4.79 Å². The summed E-state index contributed by atoms with van der Waals surface area (Å²) in [6.07, 6.45) is 4.55. The molecular weight excluding hydrogens is 502 g/mol. The van der Waals surface area contributed by atoms with Crippen LogP contribution in [0.1, 0.15) is 63.0 Å². The summed E-state index contributed by atoms with van der Waals surface area (Å²) in [5.74, 6) is -0.124. The van der Waals surface area contributed by atoms with Crippen molar-refractivity contribution in [1.82, 2.24) is 10.2 Å². The molecule has 38 heavy (non-hydrogen) atoms. The first-order valence-corrected chi connectivity index (χ1v) is 14.2. The fourth-order valence-electron chi connectivity index (χ4n) is 6.30. The maximum absolute atomic E-state index is 13.4. The summed E-state index contributed by atoms with van der Waals surface area (Å²) in [6, 6.07) is 13.9. The second-order valence-corrected chi connectivity index (χ2v) is 11.3. The molecule has 2 aromatic carbocycles. The monoisotopic (exact) mass is 541 g/mol. The van der Waals surface area contributed by atoms with Crippen LogP contribution in [0.2, 0.25) is 5.02 Å². The first kappa shape index (κ1) is 28.4. The van der Waals surface area contributed by atoms with Crippen LogP contribution in [-0.2, 0) is 16.8 Å². The van der Waals surface area contributed by atoms with E-state index < -0.39 is 11.7 Å². The van der Waals surface area contributed by atoms with Gasteiger partial charge in [-0.2, -0.15) is 0 Å². The Morgan fingerprint density at radius 2 is 1.97 bits per heavy atom. The molecule has 0 bridgehead atoms. The second-order valence-electron chi connectivity index (χ2n) is 10.9. The van der Waals surface area contributed by atoms with Crippen LogP contribution in [0.4, 0.5) is 4.79 Å². The van der Waals surface area contributed by atoms with Crippen LogP contribution in [0.3, 0.4) is 0 Å². The van der Waals surface area contributed by atoms with Crippen molar-refractivity contribution in [3.63, 3.8) is 0 Å². The Bertz CT molecular complexity index is 1140. The standard InChI is InChI=1S/C30H40ClN3O4/c1-2-20-7-3-8-21(17-20)27-25(10-4-11-26(27)31)30(38,14-6-15-33-29(36)37)23-9-5-16-34(19-23)28(35)22-12-13-24(32)18-22/h3-4,7-8,10-11,17,22-24,33,38H,2,5-6,9,12-16,18-19,32H2,1H3,(H,36,37)/t22-,23-,24+,30+/m1/s1. The number of hydrogen-bond acceptors (Lipinski definition) is 4. The number of benzene rings is 2. The zero-order valence-electron chi connectivity index (χ0n) is 22.2. The molecule has 0 spiro atoms. The summed E-state index contributed by atoms with van der Waals surface area (Å²) >= 11 is 6.81. The van der Waals surface area contributed by atoms with Gasteiger partial charge < -0.3 is 26.2 Å². The lowest BCUT2D eigenvalue weighted by Gasteiger charge is -2.44. The molecule has 1 heterocycles. The highest BCUT2D eigenvalue weighted by atomic mass is 35.5. The third-order valence-electron chi connectivity index (χ3n) is 8.35. The molecule has 1 saturated heterocycles. The molecule has 4 atom stereocenters. The Kier molecular flexibility index (Phi) is 9.34. The summed E-state index contributed by atoms with van der Waals surface area (Å²) in [5.41, 5.74) is 8.43. The minimum Gasteiger partial charge on any atom is -0.465 e. The quantitative estimate of drug-likeness (QED) is 0.327. The van der Waals surface area contributed by atoms with Crippen molar-refractivity contribution in [2.75, 3.05) is 19.6 Å². The van der Waals surface area contributed by atoms with Crippen LogP contribution >= 0.6 is 11.6 Å². The molecule has 2 amide bonds. The maximum Gasteiger partial charge on any atom is 0.404 e. The van der Waals surface area contributed by atoms with Gasteiger partial charge >= 0.3 is 6.09 Å². The molecule has 0 radical (unpaired) electrons. The number of nitrogens with one attached hydrogen (secondary N) is 1. The Morgan fingerprint density at radius 1 is 1.18 bits per heavy atom. The van der Waals surface area contributed by atoms with Gasteiger partial charge in [-0.1, -0.05) is 54.9 Å². The van der Waals surface area contributed by atoms with Crippen LogP contribution in [-0.4, -0.2) is 52.8 Å². The molecular formula is C30H40ClN3O4. The van der Waals surface area contributed by atoms with E-state index in [2.05, 4.69) is 24.4 Å². The average molecular weight is 542 g/mol. The number of nitrogens with zero attached hydrogens (tertiary/aromatic N) is 1. The van der Waals surface area contributed by atoms with Gasteiger partial charge in [-0.25, -0.2) is 4.79 Å². The van der Waals surface area contributed by atoms with E-state index in [-0.39, 0.29) is 30.3 Å². The molecule has 0 aromatic heterocycles. The number of likely N-dealkylation sites (tertiary alicyclic amines) is 1. The molecule has 206 valence electrons. The molecule has 7 nitrogen and oxygen atoms in total. The van der Waals surface area contributed by atoms with Crippen molar-refractivity contribution in [1.29, 1.82) is 0 Å². The zero-order valence-corrected chi connectivity index (χ0v) is 22.9. The van der Waals surface area contributed by atoms with Gasteiger partial charge in [0.05, 0.1) is 5.60 Å². The third-order valence-corrected chi connectivity index (χ3v) is 8.66. The average Bonchev–Trinajstić information content (AvgIpc) is 3.36. The molecule has 1 aliphatic carbocycles. The smallest absolute Gasteiger partial charge is 0.404 e. The van der Waals surface area contributed by atoms with Crippen molar-refractivity contribution in [3.05, 3.63) is 58.6 Å². The van der Waals surface area contributed by atoms with Gasteiger partial charge in [0.25, 0.3) is 0 Å². The van der Waals surface area contributed by atoms with Crippen molar-refractivity contribution in [3.8, 4) is 11.1 Å². The highest BCUT2D eigenvalue weighted by Gasteiger charge is 2.44. The normalized spacial score (nSPS) is 23.2. The van der Waals surface area contributed by atoms with Gasteiger partial charge in [0.15, 0.2) is 0 Å². The number of aryl methyl sites for hydroxylation is 1. The number of carboxylic acid groups (broad SMARTS) is 1. The number of aliphatic hydroxyl groups is 1. The number of nitrogens with two attached hydrogens (primary N) is 1. The summed E-state index contributed by atoms with van der Waals surface area (Å²) < 4.78 is 0. The summed E-state index contributed by atoms with van der Waals surface area (Å²) in [7, 11) is 0. The first-order valence-electron chi connectivity index (χ1n) is 13.8. The van der Waals surface area contributed by atoms with E-state index in [1.54, 1.807) is 0 Å². The van der Waals surface area contributed by atoms with E-state index in [1.165, 1.54) is 5.56 Å². The number of amides is 2. The van der Waals surface area contributed by atoms with Gasteiger partial charge in [0.2, 0.25) is 5.91 Å². The van der Waals surface area contributed by atoms with E-state index >= 15 is 0 Å². The maximum atomic E-state index is 13.4. The molecule has 0 unspecified atom stereocenters. The molecule has 1 aliphatic heterocycles. The summed E-state index contributed by atoms with van der Waals surface area (Å²) in [5, 5.41) is 24.6. The number of halogens is 1. The number of piperidine rings is 1. The minimum absolute atomic E-state index is 0.0462. The van der Waals surface area contributed by atoms with Crippen LogP contribution in [0.25, 0.3) is 11.1 Å². The van der Waals surface area contributed by atoms with Gasteiger partial charge in [0.1, 0.15) is 0 Å². The highest BCUT2D eigenvalue weighted by Crippen LogP contribution is 2.46. The molecule has 1 saturated carbocycles.